The number of halogens is 4. The lowest BCUT2D eigenvalue weighted by atomic mass is 10.2. The Morgan fingerprint density at radius 2 is 1.42 bits per heavy atom. The molecule has 0 fully saturated rings. The Morgan fingerprint density at radius 3 is 2.00 bits per heavy atom. The van der Waals surface area contributed by atoms with E-state index in [0.717, 1.165) is 5.56 Å². The summed E-state index contributed by atoms with van der Waals surface area (Å²) in [6.45, 7) is 1.88. The summed E-state index contributed by atoms with van der Waals surface area (Å²) in [5.74, 6) is 0. The first-order chi connectivity index (χ1) is 8.88. The molecule has 0 saturated heterocycles. The number of anilines is 3. The van der Waals surface area contributed by atoms with E-state index in [1.165, 1.54) is 0 Å². The number of rotatable bonds is 2. The van der Waals surface area contributed by atoms with Crippen molar-refractivity contribution in [2.75, 3.05) is 11.1 Å². The first kappa shape index (κ1) is 14.6. The van der Waals surface area contributed by atoms with Crippen molar-refractivity contribution in [3.63, 3.8) is 0 Å². The zero-order chi connectivity index (χ0) is 14.2. The van der Waals surface area contributed by atoms with E-state index in [2.05, 4.69) is 5.32 Å². The van der Waals surface area contributed by atoms with Gasteiger partial charge in [0.2, 0.25) is 0 Å². The van der Waals surface area contributed by atoms with Gasteiger partial charge < -0.3 is 11.1 Å². The monoisotopic (exact) mass is 334 g/mol. The fourth-order valence-corrected chi connectivity index (χ4v) is 2.62. The number of nitrogens with one attached hydrogen (secondary N) is 1. The molecular weight excluding hydrogens is 326 g/mol. The van der Waals surface area contributed by atoms with Gasteiger partial charge >= 0.3 is 0 Å². The summed E-state index contributed by atoms with van der Waals surface area (Å²) in [4.78, 5) is 0. The van der Waals surface area contributed by atoms with Gasteiger partial charge in [-0.2, -0.15) is 0 Å². The maximum atomic E-state index is 6.16. The summed E-state index contributed by atoms with van der Waals surface area (Å²) in [6, 6.07) is 6.71. The van der Waals surface area contributed by atoms with Crippen molar-refractivity contribution in [2.24, 2.45) is 0 Å². The van der Waals surface area contributed by atoms with Gasteiger partial charge in [0.05, 0.1) is 26.4 Å². The third-order valence-corrected chi connectivity index (χ3v) is 3.89. The maximum absolute atomic E-state index is 6.16. The molecule has 6 heteroatoms. The van der Waals surface area contributed by atoms with E-state index in [-0.39, 0.29) is 0 Å². The lowest BCUT2D eigenvalue weighted by molar-refractivity contribution is 1.45. The molecule has 2 aromatic rings. The fraction of sp³-hybridized carbons (Fsp3) is 0.0769. The van der Waals surface area contributed by atoms with Crippen LogP contribution < -0.4 is 11.1 Å². The lowest BCUT2D eigenvalue weighted by Crippen LogP contribution is -1.96. The number of nitrogens with two attached hydrogens (primary N) is 1. The van der Waals surface area contributed by atoms with Crippen LogP contribution in [0.1, 0.15) is 5.56 Å². The van der Waals surface area contributed by atoms with Crippen molar-refractivity contribution in [3.8, 4) is 0 Å². The van der Waals surface area contributed by atoms with Crippen LogP contribution in [-0.2, 0) is 0 Å². The van der Waals surface area contributed by atoms with E-state index in [1.807, 2.05) is 6.92 Å². The van der Waals surface area contributed by atoms with Crippen molar-refractivity contribution in [1.82, 2.24) is 0 Å². The Hall–Kier alpha value is -0.800. The van der Waals surface area contributed by atoms with Crippen LogP contribution in [0.5, 0.6) is 0 Å². The van der Waals surface area contributed by atoms with Gasteiger partial charge in [-0.25, -0.2) is 0 Å². The van der Waals surface area contributed by atoms with Gasteiger partial charge in [-0.1, -0.05) is 46.4 Å². The number of benzene rings is 2. The highest BCUT2D eigenvalue weighted by Crippen LogP contribution is 2.38. The van der Waals surface area contributed by atoms with Crippen LogP contribution in [0.4, 0.5) is 17.1 Å². The Bertz CT molecular complexity index is 618. The quantitative estimate of drug-likeness (QED) is 0.667. The molecule has 0 saturated carbocycles. The molecule has 0 spiro atoms. The topological polar surface area (TPSA) is 38.0 Å². The standard InChI is InChI=1S/C13H10Cl4N2/c1-6-2-9(15)12(5-8(6)14)19-13-10(16)3-7(18)4-11(13)17/h2-5,19H,18H2,1H3. The van der Waals surface area contributed by atoms with E-state index in [4.69, 9.17) is 52.1 Å². The third kappa shape index (κ3) is 3.21. The van der Waals surface area contributed by atoms with Crippen LogP contribution >= 0.6 is 46.4 Å². The molecule has 0 aromatic heterocycles. The second-order valence-electron chi connectivity index (χ2n) is 4.07. The third-order valence-electron chi connectivity index (χ3n) is 2.57. The van der Waals surface area contributed by atoms with Crippen molar-refractivity contribution in [3.05, 3.63) is 49.9 Å². The van der Waals surface area contributed by atoms with Crippen LogP contribution in [0.15, 0.2) is 24.3 Å². The zero-order valence-electron chi connectivity index (χ0n) is 9.90. The summed E-state index contributed by atoms with van der Waals surface area (Å²) in [5, 5.41) is 5.04. The molecule has 100 valence electrons. The predicted octanol–water partition coefficient (Wildman–Crippen LogP) is 5.93. The molecule has 0 atom stereocenters. The molecule has 2 aromatic carbocycles. The highest BCUT2D eigenvalue weighted by atomic mass is 35.5. The molecule has 0 radical (unpaired) electrons. The molecule has 3 N–H and O–H groups in total. The van der Waals surface area contributed by atoms with Crippen LogP contribution in [0.3, 0.4) is 0 Å². The average molecular weight is 336 g/mol. The first-order valence-corrected chi connectivity index (χ1v) is 6.87. The minimum atomic E-state index is 0.415. The Kier molecular flexibility index (Phi) is 4.36. The molecule has 19 heavy (non-hydrogen) atoms. The minimum absolute atomic E-state index is 0.415. The summed E-state index contributed by atoms with van der Waals surface area (Å²) in [6.07, 6.45) is 0. The molecule has 2 nitrogen and oxygen atoms in total. The predicted molar refractivity (Wildman–Crippen MR) is 85.4 cm³/mol. The molecular formula is C13H10Cl4N2. The van der Waals surface area contributed by atoms with E-state index in [9.17, 15) is 0 Å². The van der Waals surface area contributed by atoms with Crippen LogP contribution in [-0.4, -0.2) is 0 Å². The van der Waals surface area contributed by atoms with E-state index < -0.39 is 0 Å². The molecule has 0 aliphatic carbocycles. The van der Waals surface area contributed by atoms with Gasteiger partial charge in [-0.3, -0.25) is 0 Å². The fourth-order valence-electron chi connectivity index (χ4n) is 1.59. The normalized spacial score (nSPS) is 10.6. The number of aryl methyl sites for hydroxylation is 1. The summed E-state index contributed by atoms with van der Waals surface area (Å²) in [7, 11) is 0. The summed E-state index contributed by atoms with van der Waals surface area (Å²) < 4.78 is 0. The maximum Gasteiger partial charge on any atom is 0.0764 e. The lowest BCUT2D eigenvalue weighted by Gasteiger charge is -2.13. The van der Waals surface area contributed by atoms with Crippen molar-refractivity contribution < 1.29 is 0 Å². The molecule has 0 heterocycles. The Morgan fingerprint density at radius 1 is 0.842 bits per heavy atom. The first-order valence-electron chi connectivity index (χ1n) is 5.35. The SMILES string of the molecule is Cc1cc(Cl)c(Nc2c(Cl)cc(N)cc2Cl)cc1Cl. The van der Waals surface area contributed by atoms with Crippen molar-refractivity contribution in [2.45, 2.75) is 6.92 Å². The van der Waals surface area contributed by atoms with E-state index in [0.29, 0.717) is 37.2 Å². The second kappa shape index (κ2) is 5.68. The van der Waals surface area contributed by atoms with E-state index in [1.54, 1.807) is 24.3 Å². The van der Waals surface area contributed by atoms with Crippen molar-refractivity contribution >= 4 is 63.5 Å². The van der Waals surface area contributed by atoms with Gasteiger partial charge in [-0.05, 0) is 36.8 Å². The van der Waals surface area contributed by atoms with Gasteiger partial charge in [-0.15, -0.1) is 0 Å². The average Bonchev–Trinajstić information content (AvgIpc) is 2.29. The molecule has 0 aliphatic rings. The summed E-state index contributed by atoms with van der Waals surface area (Å²) >= 11 is 24.4. The second-order valence-corrected chi connectivity index (χ2v) is 5.69. The van der Waals surface area contributed by atoms with Gasteiger partial charge in [0, 0.05) is 10.7 Å². The van der Waals surface area contributed by atoms with Crippen LogP contribution in [0.25, 0.3) is 0 Å². The molecule has 0 bridgehead atoms. The van der Waals surface area contributed by atoms with Gasteiger partial charge in [0.15, 0.2) is 0 Å². The summed E-state index contributed by atoms with van der Waals surface area (Å²) in [5.41, 5.74) is 8.21. The van der Waals surface area contributed by atoms with Crippen LogP contribution in [0.2, 0.25) is 20.1 Å². The van der Waals surface area contributed by atoms with Gasteiger partial charge in [0.25, 0.3) is 0 Å². The zero-order valence-corrected chi connectivity index (χ0v) is 12.9. The molecule has 0 aliphatic heterocycles. The van der Waals surface area contributed by atoms with Crippen LogP contribution in [0, 0.1) is 6.92 Å². The van der Waals surface area contributed by atoms with E-state index >= 15 is 0 Å². The Labute approximate surface area is 131 Å². The number of hydrogen-bond donors (Lipinski definition) is 2. The number of nitrogen functional groups attached to an aromatic ring is 1. The molecule has 0 unspecified atom stereocenters. The molecule has 2 rings (SSSR count). The number of hydrogen-bond acceptors (Lipinski definition) is 2. The Balaban J connectivity index is 2.45. The molecule has 0 amide bonds. The largest absolute Gasteiger partial charge is 0.399 e. The highest BCUT2D eigenvalue weighted by molar-refractivity contribution is 6.40. The van der Waals surface area contributed by atoms with Gasteiger partial charge in [0.1, 0.15) is 0 Å². The smallest absolute Gasteiger partial charge is 0.0764 e. The van der Waals surface area contributed by atoms with Crippen molar-refractivity contribution in [1.29, 1.82) is 0 Å². The minimum Gasteiger partial charge on any atom is -0.399 e. The highest BCUT2D eigenvalue weighted by Gasteiger charge is 2.11.